The number of hydrogen-bond acceptors (Lipinski definition) is 5. The van der Waals surface area contributed by atoms with Crippen molar-refractivity contribution in [2.45, 2.75) is 24.6 Å². The molecule has 7 heteroatoms. The fraction of sp³-hybridized carbons (Fsp3) is 0.150. The van der Waals surface area contributed by atoms with E-state index in [1.54, 1.807) is 18.2 Å². The third-order valence-corrected chi connectivity index (χ3v) is 6.62. The van der Waals surface area contributed by atoms with Gasteiger partial charge in [-0.3, -0.25) is 4.79 Å². The summed E-state index contributed by atoms with van der Waals surface area (Å²) in [6, 6.07) is 18.2. The first-order chi connectivity index (χ1) is 12.8. The average Bonchev–Trinajstić information content (AvgIpc) is 3.11. The Morgan fingerprint density at radius 1 is 0.963 bits per heavy atom. The molecular weight excluding hydrogens is 382 g/mol. The molecule has 1 N–H and O–H groups in total. The van der Waals surface area contributed by atoms with Crippen LogP contribution in [-0.4, -0.2) is 14.3 Å². The molecule has 0 fully saturated rings. The fourth-order valence-corrected chi connectivity index (χ4v) is 4.60. The molecule has 0 aliphatic heterocycles. The van der Waals surface area contributed by atoms with E-state index in [1.807, 2.05) is 43.3 Å². The van der Waals surface area contributed by atoms with Crippen LogP contribution in [0.4, 0.5) is 0 Å². The van der Waals surface area contributed by atoms with Gasteiger partial charge in [-0.25, -0.2) is 0 Å². The molecule has 0 spiro atoms. The normalized spacial score (nSPS) is 11.2. The van der Waals surface area contributed by atoms with Gasteiger partial charge in [-0.2, -0.15) is 8.42 Å². The summed E-state index contributed by atoms with van der Waals surface area (Å²) in [4.78, 5) is 11.7. The molecule has 0 bridgehead atoms. The monoisotopic (exact) mass is 401 g/mol. The number of carbonyl (C=O) groups excluding carboxylic acids is 1. The number of thiophene rings is 1. The first-order valence-corrected chi connectivity index (χ1v) is 10.5. The Kier molecular flexibility index (Phi) is 5.62. The number of carbonyl (C=O) groups is 1. The van der Waals surface area contributed by atoms with Crippen molar-refractivity contribution in [3.8, 4) is 16.9 Å². The molecular formula is C20H19NO4S2. The topological polar surface area (TPSA) is 72.5 Å². The van der Waals surface area contributed by atoms with Crippen LogP contribution in [0.1, 0.15) is 17.4 Å². The molecule has 3 aromatic rings. The molecule has 27 heavy (non-hydrogen) atoms. The van der Waals surface area contributed by atoms with Gasteiger partial charge >= 0.3 is 10.1 Å². The first-order valence-electron chi connectivity index (χ1n) is 8.28. The molecule has 0 aliphatic carbocycles. The summed E-state index contributed by atoms with van der Waals surface area (Å²) in [6.45, 7) is 3.73. The number of aryl methyl sites for hydroxylation is 1. The minimum Gasteiger partial charge on any atom is -0.378 e. The highest BCUT2D eigenvalue weighted by atomic mass is 32.3. The molecule has 140 valence electrons. The van der Waals surface area contributed by atoms with Gasteiger partial charge in [0.1, 0.15) is 5.75 Å². The lowest BCUT2D eigenvalue weighted by Gasteiger charge is -2.07. The van der Waals surface area contributed by atoms with Gasteiger partial charge in [0.2, 0.25) is 5.91 Å². The van der Waals surface area contributed by atoms with Crippen molar-refractivity contribution >= 4 is 27.4 Å². The maximum absolute atomic E-state index is 12.4. The Labute approximate surface area is 162 Å². The van der Waals surface area contributed by atoms with E-state index >= 15 is 0 Å². The van der Waals surface area contributed by atoms with Crippen molar-refractivity contribution in [1.82, 2.24) is 5.32 Å². The predicted molar refractivity (Wildman–Crippen MR) is 106 cm³/mol. The third kappa shape index (κ3) is 4.96. The quantitative estimate of drug-likeness (QED) is 0.631. The van der Waals surface area contributed by atoms with E-state index in [4.69, 9.17) is 4.18 Å². The number of benzene rings is 2. The van der Waals surface area contributed by atoms with Gasteiger partial charge in [-0.1, -0.05) is 42.0 Å². The van der Waals surface area contributed by atoms with Gasteiger partial charge in [0.25, 0.3) is 0 Å². The van der Waals surface area contributed by atoms with Gasteiger partial charge in [0.05, 0.1) is 6.54 Å². The molecule has 0 saturated carbocycles. The second kappa shape index (κ2) is 7.94. The van der Waals surface area contributed by atoms with Gasteiger partial charge in [-0.15, -0.1) is 11.3 Å². The number of nitrogens with one attached hydrogen (secondary N) is 1. The van der Waals surface area contributed by atoms with Crippen molar-refractivity contribution in [2.24, 2.45) is 0 Å². The minimum atomic E-state index is -3.91. The predicted octanol–water partition coefficient (Wildman–Crippen LogP) is 4.13. The smallest absolute Gasteiger partial charge is 0.348 e. The summed E-state index contributed by atoms with van der Waals surface area (Å²) in [5.74, 6) is 0.0837. The highest BCUT2D eigenvalue weighted by Gasteiger charge is 2.19. The molecule has 2 aromatic carbocycles. The highest BCUT2D eigenvalue weighted by Crippen LogP contribution is 2.27. The minimum absolute atomic E-state index is 0.102. The second-order valence-electron chi connectivity index (χ2n) is 6.06. The van der Waals surface area contributed by atoms with Gasteiger partial charge in [0.15, 0.2) is 4.21 Å². The Balaban J connectivity index is 1.72. The molecule has 0 aliphatic rings. The van der Waals surface area contributed by atoms with E-state index in [-0.39, 0.29) is 15.9 Å². The SMILES string of the molecule is CC(=O)NCc1ccc(S(=O)(=O)Oc2ccc(-c3ccc(C)cc3)cc2)s1. The maximum atomic E-state index is 12.4. The lowest BCUT2D eigenvalue weighted by Crippen LogP contribution is -2.18. The summed E-state index contributed by atoms with van der Waals surface area (Å²) >= 11 is 1.07. The average molecular weight is 402 g/mol. The van der Waals surface area contributed by atoms with Crippen LogP contribution >= 0.6 is 11.3 Å². The number of amides is 1. The highest BCUT2D eigenvalue weighted by molar-refractivity contribution is 7.89. The Bertz CT molecular complexity index is 1040. The van der Waals surface area contributed by atoms with Crippen molar-refractivity contribution in [3.63, 3.8) is 0 Å². The van der Waals surface area contributed by atoms with Crippen LogP contribution in [0.2, 0.25) is 0 Å². The summed E-state index contributed by atoms with van der Waals surface area (Å²) in [5.41, 5.74) is 3.21. The number of hydrogen-bond donors (Lipinski definition) is 1. The van der Waals surface area contributed by atoms with E-state index in [1.165, 1.54) is 18.6 Å². The van der Waals surface area contributed by atoms with Crippen molar-refractivity contribution in [3.05, 3.63) is 71.1 Å². The maximum Gasteiger partial charge on any atom is 0.348 e. The summed E-state index contributed by atoms with van der Waals surface area (Å²) in [7, 11) is -3.91. The molecule has 1 aromatic heterocycles. The van der Waals surface area contributed by atoms with Crippen LogP contribution in [0.3, 0.4) is 0 Å². The summed E-state index contributed by atoms with van der Waals surface area (Å²) < 4.78 is 30.2. The summed E-state index contributed by atoms with van der Waals surface area (Å²) in [6.07, 6.45) is 0. The zero-order chi connectivity index (χ0) is 19.4. The first kappa shape index (κ1) is 19.1. The Hall–Kier alpha value is -2.64. The Morgan fingerprint density at radius 2 is 1.56 bits per heavy atom. The van der Waals surface area contributed by atoms with Crippen LogP contribution in [-0.2, 0) is 21.5 Å². The Morgan fingerprint density at radius 3 is 2.15 bits per heavy atom. The van der Waals surface area contributed by atoms with Gasteiger partial charge in [0, 0.05) is 11.8 Å². The van der Waals surface area contributed by atoms with E-state index < -0.39 is 10.1 Å². The fourth-order valence-electron chi connectivity index (χ4n) is 2.42. The van der Waals surface area contributed by atoms with Crippen molar-refractivity contribution in [2.75, 3.05) is 0 Å². The van der Waals surface area contributed by atoms with Crippen molar-refractivity contribution in [1.29, 1.82) is 0 Å². The third-order valence-electron chi connectivity index (χ3n) is 3.84. The second-order valence-corrected chi connectivity index (χ2v) is 9.00. The number of rotatable bonds is 6. The van der Waals surface area contributed by atoms with E-state index in [2.05, 4.69) is 5.32 Å². The van der Waals surface area contributed by atoms with Crippen molar-refractivity contribution < 1.29 is 17.4 Å². The zero-order valence-corrected chi connectivity index (χ0v) is 16.6. The van der Waals surface area contributed by atoms with Gasteiger partial charge < -0.3 is 9.50 Å². The van der Waals surface area contributed by atoms with E-state index in [9.17, 15) is 13.2 Å². The van der Waals surface area contributed by atoms with Crippen LogP contribution in [0, 0.1) is 6.92 Å². The molecule has 5 nitrogen and oxygen atoms in total. The molecule has 0 saturated heterocycles. The van der Waals surface area contributed by atoms with Crippen LogP contribution < -0.4 is 9.50 Å². The molecule has 1 heterocycles. The molecule has 0 unspecified atom stereocenters. The molecule has 0 radical (unpaired) electrons. The standard InChI is InChI=1S/C20H19NO4S2/c1-14-3-5-16(6-4-14)17-7-9-18(10-8-17)25-27(23,24)20-12-11-19(26-20)13-21-15(2)22/h3-12H,13H2,1-2H3,(H,21,22). The lowest BCUT2D eigenvalue weighted by molar-refractivity contribution is -0.119. The van der Waals surface area contributed by atoms with Crippen LogP contribution in [0.25, 0.3) is 11.1 Å². The van der Waals surface area contributed by atoms with Gasteiger partial charge in [-0.05, 0) is 42.3 Å². The largest absolute Gasteiger partial charge is 0.378 e. The molecule has 1 amide bonds. The summed E-state index contributed by atoms with van der Waals surface area (Å²) in [5, 5.41) is 2.64. The molecule has 3 rings (SSSR count). The van der Waals surface area contributed by atoms with E-state index in [0.29, 0.717) is 6.54 Å². The lowest BCUT2D eigenvalue weighted by atomic mass is 10.0. The zero-order valence-electron chi connectivity index (χ0n) is 14.9. The van der Waals surface area contributed by atoms with E-state index in [0.717, 1.165) is 27.3 Å². The van der Waals surface area contributed by atoms with Crippen LogP contribution in [0.5, 0.6) is 5.75 Å². The molecule has 0 atom stereocenters. The van der Waals surface area contributed by atoms with Crippen LogP contribution in [0.15, 0.2) is 64.9 Å².